The smallest absolute Gasteiger partial charge is 0.135 e. The van der Waals surface area contributed by atoms with E-state index in [1.807, 2.05) is 0 Å². The van der Waals surface area contributed by atoms with Crippen LogP contribution in [0.15, 0.2) is 103 Å². The minimum atomic E-state index is -1.82. The summed E-state index contributed by atoms with van der Waals surface area (Å²) in [5.41, 5.74) is 4.54. The monoisotopic (exact) mass is 842 g/mol. The highest BCUT2D eigenvalue weighted by molar-refractivity contribution is 5.73. The van der Waals surface area contributed by atoms with E-state index in [-0.39, 0.29) is 45.6 Å². The summed E-state index contributed by atoms with van der Waals surface area (Å²) in [5, 5.41) is 132. The fourth-order valence-corrected chi connectivity index (χ4v) is 10.7. The number of aliphatic hydroxyl groups excluding tert-OH is 4. The molecule has 0 bridgehead atoms. The summed E-state index contributed by atoms with van der Waals surface area (Å²) in [6.45, 7) is -0.738. The minimum absolute atomic E-state index is 0.0110. The molecule has 2 aliphatic carbocycles. The zero-order chi connectivity index (χ0) is 43.5. The Labute approximate surface area is 353 Å². The summed E-state index contributed by atoms with van der Waals surface area (Å²) in [7, 11) is 0. The molecule has 0 amide bonds. The van der Waals surface area contributed by atoms with Crippen LogP contribution in [0.2, 0.25) is 0 Å². The first-order chi connectivity index (χ1) is 29.7. The minimum Gasteiger partial charge on any atom is -0.508 e. The summed E-state index contributed by atoms with van der Waals surface area (Å²) >= 11 is 0. The van der Waals surface area contributed by atoms with Crippen LogP contribution in [0.4, 0.5) is 0 Å². The molecular weight excluding hydrogens is 801 g/mol. The van der Waals surface area contributed by atoms with E-state index in [0.29, 0.717) is 50.3 Å². The molecule has 0 aromatic heterocycles. The Hall–Kier alpha value is -6.68. The van der Waals surface area contributed by atoms with E-state index in [4.69, 9.17) is 9.47 Å². The van der Waals surface area contributed by atoms with Crippen molar-refractivity contribution in [2.24, 2.45) is 0 Å². The molecule has 0 saturated carbocycles. The maximum absolute atomic E-state index is 12.4. The molecule has 0 spiro atoms. The van der Waals surface area contributed by atoms with Crippen molar-refractivity contribution in [2.45, 2.75) is 66.2 Å². The summed E-state index contributed by atoms with van der Waals surface area (Å²) < 4.78 is 12.5. The average Bonchev–Trinajstić information content (AvgIpc) is 3.75. The van der Waals surface area contributed by atoms with Crippen LogP contribution in [0.1, 0.15) is 97.4 Å². The first-order valence-corrected chi connectivity index (χ1v) is 20.1. The lowest BCUT2D eigenvalue weighted by Crippen LogP contribution is -2.55. The number of aromatic hydroxyl groups is 8. The van der Waals surface area contributed by atoms with Gasteiger partial charge in [-0.3, -0.25) is 0 Å². The van der Waals surface area contributed by atoms with E-state index < -0.39 is 84.3 Å². The van der Waals surface area contributed by atoms with Crippen molar-refractivity contribution in [2.75, 3.05) is 6.61 Å². The molecule has 1 saturated heterocycles. The molecule has 11 unspecified atom stereocenters. The molecule has 318 valence electrons. The van der Waals surface area contributed by atoms with Gasteiger partial charge in [-0.25, -0.2) is 0 Å². The Bertz CT molecular complexity index is 2690. The van der Waals surface area contributed by atoms with Crippen LogP contribution >= 0.6 is 0 Å². The van der Waals surface area contributed by atoms with Crippen LogP contribution in [0.5, 0.6) is 51.7 Å². The Balaban J connectivity index is 1.27. The Morgan fingerprint density at radius 1 is 0.403 bits per heavy atom. The van der Waals surface area contributed by atoms with Crippen molar-refractivity contribution in [1.29, 1.82) is 0 Å². The lowest BCUT2D eigenvalue weighted by atomic mass is 9.69. The molecule has 11 atom stereocenters. The van der Waals surface area contributed by atoms with Gasteiger partial charge in [-0.05, 0) is 88.0 Å². The van der Waals surface area contributed by atoms with Crippen molar-refractivity contribution in [3.05, 3.63) is 159 Å². The van der Waals surface area contributed by atoms with Gasteiger partial charge in [0, 0.05) is 52.5 Å². The largest absolute Gasteiger partial charge is 0.508 e. The number of hydrogen-bond donors (Lipinski definition) is 12. The van der Waals surface area contributed by atoms with E-state index in [1.54, 1.807) is 42.5 Å². The van der Waals surface area contributed by atoms with Gasteiger partial charge in [-0.2, -0.15) is 0 Å². The van der Waals surface area contributed by atoms with Crippen molar-refractivity contribution < 1.29 is 70.8 Å². The van der Waals surface area contributed by atoms with Crippen LogP contribution in [-0.2, 0) is 4.74 Å². The average molecular weight is 843 g/mol. The quantitative estimate of drug-likeness (QED) is 0.102. The highest BCUT2D eigenvalue weighted by Crippen LogP contribution is 2.71. The third-order valence-corrected chi connectivity index (χ3v) is 13.3. The topological polar surface area (TPSA) is 261 Å². The molecule has 14 heteroatoms. The summed E-state index contributed by atoms with van der Waals surface area (Å²) in [5.74, 6) is -5.31. The molecule has 6 aromatic rings. The van der Waals surface area contributed by atoms with Gasteiger partial charge in [0.05, 0.1) is 18.1 Å². The van der Waals surface area contributed by atoms with Gasteiger partial charge in [0.15, 0.2) is 0 Å². The number of fused-ring (bicyclic) bond motifs is 2. The van der Waals surface area contributed by atoms with Gasteiger partial charge in [0.1, 0.15) is 88.4 Å². The lowest BCUT2D eigenvalue weighted by Gasteiger charge is -2.40. The fourth-order valence-electron chi connectivity index (χ4n) is 10.7. The number of phenols is 8. The normalized spacial score (nSPS) is 28.2. The fraction of sp³-hybridized carbons (Fsp3) is 0.250. The summed E-state index contributed by atoms with van der Waals surface area (Å²) in [4.78, 5) is 0. The lowest BCUT2D eigenvalue weighted by molar-refractivity contribution is -0.232. The molecule has 14 nitrogen and oxygen atoms in total. The van der Waals surface area contributed by atoms with E-state index in [9.17, 15) is 61.3 Å². The van der Waals surface area contributed by atoms with Crippen molar-refractivity contribution in [3.8, 4) is 51.7 Å². The number of ether oxygens (including phenoxy) is 2. The molecule has 2 heterocycles. The van der Waals surface area contributed by atoms with Crippen molar-refractivity contribution in [3.63, 3.8) is 0 Å². The number of rotatable bonds is 6. The van der Waals surface area contributed by atoms with Crippen molar-refractivity contribution in [1.82, 2.24) is 0 Å². The SMILES string of the molecule is OCC1OC(c2c(O)cc(C3c4c(O)cc5c6c4C(C(c4ccc(O)cc4)c4c(O)cc(O)cc4C6C(c4ccc(O)cc4)O5)C3c3ccc(O)cc3)cc2O)C(O)C(O)C1O. The summed E-state index contributed by atoms with van der Waals surface area (Å²) in [6.07, 6.45) is -9.02. The van der Waals surface area contributed by atoms with E-state index in [2.05, 4.69) is 0 Å². The second-order valence-electron chi connectivity index (χ2n) is 16.6. The van der Waals surface area contributed by atoms with Gasteiger partial charge >= 0.3 is 0 Å². The Kier molecular flexibility index (Phi) is 9.21. The molecule has 1 fully saturated rings. The number of hydrogen-bond acceptors (Lipinski definition) is 14. The highest BCUT2D eigenvalue weighted by Gasteiger charge is 2.56. The zero-order valence-corrected chi connectivity index (χ0v) is 32.6. The highest BCUT2D eigenvalue weighted by atomic mass is 16.5. The second-order valence-corrected chi connectivity index (χ2v) is 16.6. The molecule has 6 aromatic carbocycles. The van der Waals surface area contributed by atoms with Gasteiger partial charge in [0.25, 0.3) is 0 Å². The predicted molar refractivity (Wildman–Crippen MR) is 219 cm³/mol. The molecule has 0 radical (unpaired) electrons. The number of aliphatic hydroxyl groups is 4. The molecule has 12 N–H and O–H groups in total. The van der Waals surface area contributed by atoms with Crippen LogP contribution < -0.4 is 4.74 Å². The molecule has 10 rings (SSSR count). The maximum atomic E-state index is 12.4. The van der Waals surface area contributed by atoms with Crippen molar-refractivity contribution >= 4 is 0 Å². The van der Waals surface area contributed by atoms with Gasteiger partial charge in [0.2, 0.25) is 0 Å². The van der Waals surface area contributed by atoms with Crippen LogP contribution in [-0.4, -0.2) is 92.3 Å². The van der Waals surface area contributed by atoms with Crippen LogP contribution in [0.25, 0.3) is 0 Å². The Morgan fingerprint density at radius 3 is 1.53 bits per heavy atom. The van der Waals surface area contributed by atoms with Gasteiger partial charge in [-0.1, -0.05) is 36.4 Å². The first-order valence-electron chi connectivity index (χ1n) is 20.1. The van der Waals surface area contributed by atoms with Crippen LogP contribution in [0, 0.1) is 0 Å². The van der Waals surface area contributed by atoms with E-state index >= 15 is 0 Å². The zero-order valence-electron chi connectivity index (χ0n) is 32.6. The molecule has 62 heavy (non-hydrogen) atoms. The Morgan fingerprint density at radius 2 is 0.935 bits per heavy atom. The van der Waals surface area contributed by atoms with Gasteiger partial charge < -0.3 is 70.8 Å². The van der Waals surface area contributed by atoms with Gasteiger partial charge in [-0.15, -0.1) is 0 Å². The third-order valence-electron chi connectivity index (χ3n) is 13.3. The van der Waals surface area contributed by atoms with Crippen LogP contribution in [0.3, 0.4) is 0 Å². The molecule has 2 aliphatic heterocycles. The van der Waals surface area contributed by atoms with E-state index in [1.165, 1.54) is 60.7 Å². The molecule has 4 aliphatic rings. The first kappa shape index (κ1) is 39.5. The number of phenolic OH excluding ortho intramolecular Hbond substituents is 8. The summed E-state index contributed by atoms with van der Waals surface area (Å²) in [6, 6.07) is 26.5. The predicted octanol–water partition coefficient (Wildman–Crippen LogP) is 5.27. The van der Waals surface area contributed by atoms with E-state index in [0.717, 1.165) is 0 Å². The maximum Gasteiger partial charge on any atom is 0.135 e. The number of benzene rings is 6. The second kappa shape index (κ2) is 14.5. The standard InChI is InChI=1S/C48H42O14/c49-18-33-44(58)45(59)46(60)48(62-33)39-28(54)13-22(14-29(39)55)36-34(19-1-7-23(50)8-2-19)42-35(20-3-9-24(51)10-4-20)37-27(15-26(53)16-30(37)56)38-41-32(17-31(57)40(36)43(41)42)61-47(38)21-5-11-25(52)12-6-21/h1-17,33-36,38,42,44-60H,18H2. The molecular formula is C48H42O14. The third kappa shape index (κ3) is 5.90.